The number of rotatable bonds is 7. The molecule has 1 N–H and O–H groups in total. The Bertz CT molecular complexity index is 645. The zero-order valence-electron chi connectivity index (χ0n) is 15.8. The van der Waals surface area contributed by atoms with E-state index >= 15 is 0 Å². The summed E-state index contributed by atoms with van der Waals surface area (Å²) >= 11 is 0. The SMILES string of the molecule is CC1CCCN(S(=O)(=O)NCCCN2CCN(c3ccccc3)CC2)C1. The van der Waals surface area contributed by atoms with Crippen molar-refractivity contribution in [2.24, 2.45) is 5.92 Å². The van der Waals surface area contributed by atoms with Gasteiger partial charge in [-0.15, -0.1) is 0 Å². The quantitative estimate of drug-likeness (QED) is 0.733. The molecule has 2 fully saturated rings. The molecule has 0 amide bonds. The minimum atomic E-state index is -3.31. The van der Waals surface area contributed by atoms with Crippen molar-refractivity contribution < 1.29 is 8.42 Å². The topological polar surface area (TPSA) is 55.9 Å². The van der Waals surface area contributed by atoms with Crippen LogP contribution in [0.1, 0.15) is 26.2 Å². The lowest BCUT2D eigenvalue weighted by Gasteiger charge is -2.36. The van der Waals surface area contributed by atoms with Crippen LogP contribution in [0.2, 0.25) is 0 Å². The summed E-state index contributed by atoms with van der Waals surface area (Å²) in [4.78, 5) is 4.84. The maximum absolute atomic E-state index is 12.4. The summed E-state index contributed by atoms with van der Waals surface area (Å²) in [5.74, 6) is 0.459. The van der Waals surface area contributed by atoms with E-state index in [9.17, 15) is 8.42 Å². The average Bonchev–Trinajstić information content (AvgIpc) is 2.66. The van der Waals surface area contributed by atoms with E-state index < -0.39 is 10.2 Å². The third kappa shape index (κ3) is 5.42. The zero-order chi connectivity index (χ0) is 18.4. The van der Waals surface area contributed by atoms with Crippen molar-refractivity contribution in [2.45, 2.75) is 26.2 Å². The van der Waals surface area contributed by atoms with Crippen LogP contribution >= 0.6 is 0 Å². The highest BCUT2D eigenvalue weighted by molar-refractivity contribution is 7.87. The normalized spacial score (nSPS) is 23.3. The highest BCUT2D eigenvalue weighted by atomic mass is 32.2. The Morgan fingerprint density at radius 1 is 1.08 bits per heavy atom. The van der Waals surface area contributed by atoms with E-state index in [1.165, 1.54) is 5.69 Å². The summed E-state index contributed by atoms with van der Waals surface area (Å²) in [5, 5.41) is 0. The highest BCUT2D eigenvalue weighted by Gasteiger charge is 2.26. The molecule has 146 valence electrons. The maximum atomic E-state index is 12.4. The van der Waals surface area contributed by atoms with Crippen LogP contribution in [0.3, 0.4) is 0 Å². The van der Waals surface area contributed by atoms with Crippen LogP contribution in [0.4, 0.5) is 5.69 Å². The molecule has 6 nitrogen and oxygen atoms in total. The molecule has 1 unspecified atom stereocenters. The van der Waals surface area contributed by atoms with Crippen LogP contribution in [0.5, 0.6) is 0 Å². The number of anilines is 1. The summed E-state index contributed by atoms with van der Waals surface area (Å²) in [5.41, 5.74) is 1.29. The molecule has 2 aliphatic rings. The van der Waals surface area contributed by atoms with E-state index in [2.05, 4.69) is 45.7 Å². The lowest BCUT2D eigenvalue weighted by atomic mass is 10.0. The molecule has 1 aromatic carbocycles. The lowest BCUT2D eigenvalue weighted by molar-refractivity contribution is 0.254. The fourth-order valence-corrected chi connectivity index (χ4v) is 5.23. The van der Waals surface area contributed by atoms with Gasteiger partial charge >= 0.3 is 0 Å². The van der Waals surface area contributed by atoms with Gasteiger partial charge in [0.05, 0.1) is 0 Å². The molecule has 0 bridgehead atoms. The molecule has 2 saturated heterocycles. The Morgan fingerprint density at radius 3 is 2.50 bits per heavy atom. The first-order valence-corrected chi connectivity index (χ1v) is 11.3. The van der Waals surface area contributed by atoms with Crippen LogP contribution < -0.4 is 9.62 Å². The van der Waals surface area contributed by atoms with Gasteiger partial charge in [0, 0.05) is 51.5 Å². The van der Waals surface area contributed by atoms with Gasteiger partial charge in [-0.25, -0.2) is 4.72 Å². The minimum absolute atomic E-state index is 0.459. The number of hydrogen-bond acceptors (Lipinski definition) is 4. The first-order chi connectivity index (χ1) is 12.5. The number of benzene rings is 1. The van der Waals surface area contributed by atoms with Crippen LogP contribution in [0.25, 0.3) is 0 Å². The first kappa shape index (κ1) is 19.6. The number of piperazine rings is 1. The van der Waals surface area contributed by atoms with Crippen molar-refractivity contribution in [1.82, 2.24) is 13.9 Å². The monoisotopic (exact) mass is 380 g/mol. The third-order valence-corrected chi connectivity index (χ3v) is 6.97. The summed E-state index contributed by atoms with van der Waals surface area (Å²) in [7, 11) is -3.31. The van der Waals surface area contributed by atoms with Crippen LogP contribution in [0.15, 0.2) is 30.3 Å². The Morgan fingerprint density at radius 2 is 1.81 bits per heavy atom. The molecule has 0 aliphatic carbocycles. The fourth-order valence-electron chi connectivity index (χ4n) is 3.83. The second kappa shape index (κ2) is 9.17. The van der Waals surface area contributed by atoms with E-state index in [4.69, 9.17) is 0 Å². The molecule has 2 aliphatic heterocycles. The molecule has 1 atom stereocenters. The highest BCUT2D eigenvalue weighted by Crippen LogP contribution is 2.18. The largest absolute Gasteiger partial charge is 0.369 e. The third-order valence-electron chi connectivity index (χ3n) is 5.39. The van der Waals surface area contributed by atoms with E-state index in [0.717, 1.165) is 52.0 Å². The number of nitrogens with one attached hydrogen (secondary N) is 1. The van der Waals surface area contributed by atoms with Crippen molar-refractivity contribution in [1.29, 1.82) is 0 Å². The van der Waals surface area contributed by atoms with Gasteiger partial charge in [0.25, 0.3) is 10.2 Å². The van der Waals surface area contributed by atoms with Crippen LogP contribution in [-0.4, -0.2) is 70.0 Å². The smallest absolute Gasteiger partial charge is 0.279 e. The number of hydrogen-bond donors (Lipinski definition) is 1. The number of piperidine rings is 1. The number of para-hydroxylation sites is 1. The van der Waals surface area contributed by atoms with Crippen LogP contribution in [0, 0.1) is 5.92 Å². The second-order valence-corrected chi connectivity index (χ2v) is 9.28. The minimum Gasteiger partial charge on any atom is -0.369 e. The Labute approximate surface area is 158 Å². The zero-order valence-corrected chi connectivity index (χ0v) is 16.6. The summed E-state index contributed by atoms with van der Waals surface area (Å²) in [6.45, 7) is 9.02. The molecule has 3 rings (SSSR count). The molecule has 0 spiro atoms. The molecular weight excluding hydrogens is 348 g/mol. The molecule has 0 aromatic heterocycles. The van der Waals surface area contributed by atoms with E-state index in [1.54, 1.807) is 4.31 Å². The molecular formula is C19H32N4O2S. The fraction of sp³-hybridized carbons (Fsp3) is 0.684. The Hall–Kier alpha value is -1.15. The van der Waals surface area contributed by atoms with Gasteiger partial charge in [-0.3, -0.25) is 4.90 Å². The van der Waals surface area contributed by atoms with Gasteiger partial charge in [-0.1, -0.05) is 25.1 Å². The molecule has 7 heteroatoms. The second-order valence-electron chi connectivity index (χ2n) is 7.52. The van der Waals surface area contributed by atoms with E-state index in [0.29, 0.717) is 25.6 Å². The predicted octanol–water partition coefficient (Wildman–Crippen LogP) is 1.76. The van der Waals surface area contributed by atoms with Crippen molar-refractivity contribution in [3.8, 4) is 0 Å². The van der Waals surface area contributed by atoms with Crippen molar-refractivity contribution in [2.75, 3.05) is 57.3 Å². The molecule has 1 aromatic rings. The Kier molecular flexibility index (Phi) is 6.92. The lowest BCUT2D eigenvalue weighted by Crippen LogP contribution is -2.48. The van der Waals surface area contributed by atoms with Gasteiger partial charge in [0.15, 0.2) is 0 Å². The van der Waals surface area contributed by atoms with Gasteiger partial charge in [-0.2, -0.15) is 12.7 Å². The van der Waals surface area contributed by atoms with Gasteiger partial charge in [0.2, 0.25) is 0 Å². The predicted molar refractivity (Wildman–Crippen MR) is 107 cm³/mol. The summed E-state index contributed by atoms with van der Waals surface area (Å²) in [6.07, 6.45) is 2.95. The number of nitrogens with zero attached hydrogens (tertiary/aromatic N) is 3. The van der Waals surface area contributed by atoms with E-state index in [1.807, 2.05) is 6.07 Å². The molecule has 26 heavy (non-hydrogen) atoms. The van der Waals surface area contributed by atoms with Gasteiger partial charge < -0.3 is 4.90 Å². The van der Waals surface area contributed by atoms with Crippen molar-refractivity contribution >= 4 is 15.9 Å². The van der Waals surface area contributed by atoms with Crippen molar-refractivity contribution in [3.05, 3.63) is 30.3 Å². The Balaban J connectivity index is 1.34. The van der Waals surface area contributed by atoms with Gasteiger partial charge in [-0.05, 0) is 43.9 Å². The van der Waals surface area contributed by atoms with Gasteiger partial charge in [0.1, 0.15) is 0 Å². The molecule has 0 radical (unpaired) electrons. The maximum Gasteiger partial charge on any atom is 0.279 e. The molecule has 0 saturated carbocycles. The first-order valence-electron chi connectivity index (χ1n) is 9.82. The van der Waals surface area contributed by atoms with Crippen molar-refractivity contribution in [3.63, 3.8) is 0 Å². The van der Waals surface area contributed by atoms with Crippen LogP contribution in [-0.2, 0) is 10.2 Å². The van der Waals surface area contributed by atoms with E-state index in [-0.39, 0.29) is 0 Å². The summed E-state index contributed by atoms with van der Waals surface area (Å²) in [6, 6.07) is 10.5. The molecule has 2 heterocycles. The standard InChI is InChI=1S/C19H32N4O2S/c1-18-7-5-12-23(17-18)26(24,25)20-10-6-11-21-13-15-22(16-14-21)19-8-3-2-4-9-19/h2-4,8-9,18,20H,5-7,10-17H2,1H3. The summed E-state index contributed by atoms with van der Waals surface area (Å²) < 4.78 is 29.1. The average molecular weight is 381 g/mol.